The molecule has 4 rings (SSSR count). The highest BCUT2D eigenvalue weighted by atomic mass is 32.1. The van der Waals surface area contributed by atoms with Gasteiger partial charge in [-0.25, -0.2) is 22.9 Å². The number of piperazine rings is 1. The molecule has 12 heteroatoms. The van der Waals surface area contributed by atoms with E-state index in [-0.39, 0.29) is 23.1 Å². The van der Waals surface area contributed by atoms with Gasteiger partial charge in [-0.1, -0.05) is 11.3 Å². The van der Waals surface area contributed by atoms with E-state index in [4.69, 9.17) is 9.84 Å². The lowest BCUT2D eigenvalue weighted by atomic mass is 10.0. The molecule has 2 amide bonds. The van der Waals surface area contributed by atoms with Gasteiger partial charge in [0, 0.05) is 44.2 Å². The molecule has 2 unspecified atom stereocenters. The average molecular weight is 511 g/mol. The number of hydrogen-bond donors (Lipinski definition) is 3. The molecule has 3 aromatic rings. The molecule has 0 bridgehead atoms. The summed E-state index contributed by atoms with van der Waals surface area (Å²) in [5.41, 5.74) is 1.00. The van der Waals surface area contributed by atoms with E-state index in [1.807, 2.05) is 11.8 Å². The molecule has 188 valence electrons. The van der Waals surface area contributed by atoms with Crippen molar-refractivity contribution >= 4 is 38.4 Å². The van der Waals surface area contributed by atoms with Crippen molar-refractivity contribution in [2.75, 3.05) is 43.6 Å². The third-order valence-corrected chi connectivity index (χ3v) is 6.82. The molecular formula is C23H25F3N4O4S. The Labute approximate surface area is 203 Å². The Bertz CT molecular complexity index is 1200. The topological polar surface area (TPSA) is 98.2 Å². The largest absolute Gasteiger partial charge is 0.496 e. The van der Waals surface area contributed by atoms with Crippen molar-refractivity contribution < 1.29 is 32.9 Å². The smallest absolute Gasteiger partial charge is 0.324 e. The third-order valence-electron chi connectivity index (χ3n) is 5.89. The zero-order chi connectivity index (χ0) is 25.3. The van der Waals surface area contributed by atoms with Crippen LogP contribution in [0.15, 0.2) is 24.3 Å². The lowest BCUT2D eigenvalue weighted by Gasteiger charge is -2.41. The van der Waals surface area contributed by atoms with Crippen LogP contribution in [0.3, 0.4) is 0 Å². The maximum atomic E-state index is 14.9. The number of methoxy groups -OCH3 is 1. The van der Waals surface area contributed by atoms with Crippen molar-refractivity contribution in [2.24, 2.45) is 0 Å². The van der Waals surface area contributed by atoms with Crippen LogP contribution in [0.2, 0.25) is 0 Å². The van der Waals surface area contributed by atoms with Crippen molar-refractivity contribution in [3.8, 4) is 5.75 Å². The van der Waals surface area contributed by atoms with E-state index in [9.17, 15) is 23.1 Å². The van der Waals surface area contributed by atoms with E-state index in [0.29, 0.717) is 41.3 Å². The molecule has 0 radical (unpaired) electrons. The van der Waals surface area contributed by atoms with E-state index in [2.05, 4.69) is 10.3 Å². The summed E-state index contributed by atoms with van der Waals surface area (Å²) in [4.78, 5) is 20.4. The maximum Gasteiger partial charge on any atom is 0.324 e. The summed E-state index contributed by atoms with van der Waals surface area (Å²) in [5, 5.41) is 21.7. The number of aliphatic hydroxyl groups excluding tert-OH is 2. The summed E-state index contributed by atoms with van der Waals surface area (Å²) in [6, 6.07) is 4.17. The van der Waals surface area contributed by atoms with Crippen molar-refractivity contribution in [2.45, 2.75) is 25.5 Å². The van der Waals surface area contributed by atoms with Gasteiger partial charge in [0.2, 0.25) is 0 Å². The molecule has 1 aromatic heterocycles. The van der Waals surface area contributed by atoms with Crippen LogP contribution in [-0.4, -0.2) is 71.6 Å². The van der Waals surface area contributed by atoms with Gasteiger partial charge in [0.15, 0.2) is 16.8 Å². The van der Waals surface area contributed by atoms with Crippen LogP contribution in [0.25, 0.3) is 10.2 Å². The molecule has 1 aliphatic rings. The number of urea groups is 1. The number of amides is 2. The first-order chi connectivity index (χ1) is 16.7. The highest BCUT2D eigenvalue weighted by molar-refractivity contribution is 7.22. The van der Waals surface area contributed by atoms with Crippen LogP contribution in [0, 0.1) is 17.5 Å². The van der Waals surface area contributed by atoms with Crippen molar-refractivity contribution in [3.63, 3.8) is 0 Å². The van der Waals surface area contributed by atoms with Gasteiger partial charge in [-0.3, -0.25) is 5.32 Å². The molecule has 0 spiro atoms. The molecular weight excluding hydrogens is 485 g/mol. The Morgan fingerprint density at radius 2 is 1.97 bits per heavy atom. The van der Waals surface area contributed by atoms with Gasteiger partial charge < -0.3 is 24.7 Å². The van der Waals surface area contributed by atoms with Gasteiger partial charge in [0.1, 0.15) is 11.6 Å². The lowest BCUT2D eigenvalue weighted by Crippen LogP contribution is -2.55. The molecule has 2 heterocycles. The maximum absolute atomic E-state index is 14.9. The number of nitrogens with zero attached hydrogens (tertiary/aromatic N) is 3. The van der Waals surface area contributed by atoms with Gasteiger partial charge in [0.25, 0.3) is 0 Å². The zero-order valence-electron chi connectivity index (χ0n) is 19.1. The Balaban J connectivity index is 1.45. The van der Waals surface area contributed by atoms with Crippen LogP contribution in [-0.2, 0) is 6.42 Å². The van der Waals surface area contributed by atoms with Gasteiger partial charge in [-0.15, -0.1) is 0 Å². The minimum absolute atomic E-state index is 0.0479. The number of nitrogens with one attached hydrogen (secondary N) is 1. The molecule has 2 aromatic carbocycles. The molecule has 1 saturated heterocycles. The standard InChI is InChI=1S/C23H25F3N4O4S/c1-12-10-29(19-9-20(34-2)13(6-17(19)26)5-14(32)11-31)3-4-30(12)23(33)28-22-27-18-7-15(24)16(25)8-21(18)35-22/h6-9,12,14,31-32H,3-5,10-11H2,1-2H3,(H,27,28,33). The Hall–Kier alpha value is -3.09. The van der Waals surface area contributed by atoms with E-state index < -0.39 is 36.2 Å². The summed E-state index contributed by atoms with van der Waals surface area (Å²) >= 11 is 1.04. The Morgan fingerprint density at radius 3 is 2.66 bits per heavy atom. The lowest BCUT2D eigenvalue weighted by molar-refractivity contribution is 0.0949. The highest BCUT2D eigenvalue weighted by Gasteiger charge is 2.30. The number of ether oxygens (including phenoxy) is 1. The molecule has 8 nitrogen and oxygen atoms in total. The number of rotatable bonds is 6. The van der Waals surface area contributed by atoms with Gasteiger partial charge in [0.05, 0.1) is 35.7 Å². The number of anilines is 2. The van der Waals surface area contributed by atoms with E-state index in [1.165, 1.54) is 13.2 Å². The van der Waals surface area contributed by atoms with Crippen LogP contribution in [0.4, 0.5) is 28.8 Å². The third kappa shape index (κ3) is 5.29. The van der Waals surface area contributed by atoms with E-state index in [1.54, 1.807) is 11.0 Å². The number of fused-ring (bicyclic) bond motifs is 1. The second-order valence-electron chi connectivity index (χ2n) is 8.33. The van der Waals surface area contributed by atoms with Crippen LogP contribution >= 0.6 is 11.3 Å². The number of halogens is 3. The second kappa shape index (κ2) is 10.3. The summed E-state index contributed by atoms with van der Waals surface area (Å²) < 4.78 is 47.6. The number of benzene rings is 2. The fourth-order valence-corrected chi connectivity index (χ4v) is 4.97. The fraction of sp³-hybridized carbons (Fsp3) is 0.391. The van der Waals surface area contributed by atoms with Gasteiger partial charge >= 0.3 is 6.03 Å². The quantitative estimate of drug-likeness (QED) is 0.471. The van der Waals surface area contributed by atoms with Crippen molar-refractivity contribution in [1.82, 2.24) is 9.88 Å². The minimum atomic E-state index is -1.02. The van der Waals surface area contributed by atoms with Gasteiger partial charge in [-0.2, -0.15) is 0 Å². The number of carbonyl (C=O) groups is 1. The second-order valence-corrected chi connectivity index (χ2v) is 9.36. The Morgan fingerprint density at radius 1 is 1.23 bits per heavy atom. The SMILES string of the molecule is COc1cc(N2CCN(C(=O)Nc3nc4cc(F)c(F)cc4s3)C(C)C2)c(F)cc1CC(O)CO. The summed E-state index contributed by atoms with van der Waals surface area (Å²) in [6.45, 7) is 2.39. The summed E-state index contributed by atoms with van der Waals surface area (Å²) in [7, 11) is 1.45. The first-order valence-corrected chi connectivity index (χ1v) is 11.7. The normalized spacial score (nSPS) is 17.1. The fourth-order valence-electron chi connectivity index (χ4n) is 4.11. The van der Waals surface area contributed by atoms with Crippen LogP contribution in [0.1, 0.15) is 12.5 Å². The first kappa shape index (κ1) is 25.0. The predicted molar refractivity (Wildman–Crippen MR) is 127 cm³/mol. The number of hydrogen-bond acceptors (Lipinski definition) is 7. The zero-order valence-corrected chi connectivity index (χ0v) is 19.9. The molecule has 1 fully saturated rings. The number of carbonyl (C=O) groups excluding carboxylic acids is 1. The number of aliphatic hydroxyl groups is 2. The molecule has 3 N–H and O–H groups in total. The van der Waals surface area contributed by atoms with Crippen LogP contribution in [0.5, 0.6) is 5.75 Å². The van der Waals surface area contributed by atoms with Crippen LogP contribution < -0.4 is 15.0 Å². The number of thiazole rings is 1. The first-order valence-electron chi connectivity index (χ1n) is 10.9. The van der Waals surface area contributed by atoms with Gasteiger partial charge in [-0.05, 0) is 24.6 Å². The monoisotopic (exact) mass is 510 g/mol. The van der Waals surface area contributed by atoms with Crippen molar-refractivity contribution in [3.05, 3.63) is 47.3 Å². The number of aromatic nitrogens is 1. The van der Waals surface area contributed by atoms with Crippen molar-refractivity contribution in [1.29, 1.82) is 0 Å². The average Bonchev–Trinajstić information content (AvgIpc) is 3.19. The Kier molecular flexibility index (Phi) is 7.33. The molecule has 0 aliphatic carbocycles. The molecule has 0 saturated carbocycles. The molecule has 1 aliphatic heterocycles. The summed E-state index contributed by atoms with van der Waals surface area (Å²) in [6.07, 6.45) is -0.976. The van der Waals surface area contributed by atoms with E-state index >= 15 is 0 Å². The molecule has 35 heavy (non-hydrogen) atoms. The highest BCUT2D eigenvalue weighted by Crippen LogP contribution is 2.32. The van der Waals surface area contributed by atoms with E-state index in [0.717, 1.165) is 23.5 Å². The minimum Gasteiger partial charge on any atom is -0.496 e. The molecule has 2 atom stereocenters. The predicted octanol–water partition coefficient (Wildman–Crippen LogP) is 3.36. The summed E-state index contributed by atoms with van der Waals surface area (Å²) in [5.74, 6) is -2.09.